The van der Waals surface area contributed by atoms with E-state index in [1.807, 2.05) is 30.3 Å². The molecule has 4 heteroatoms. The number of benzene rings is 1. The third-order valence-corrected chi connectivity index (χ3v) is 3.18. The minimum absolute atomic E-state index is 0.0309. The normalized spacial score (nSPS) is 14.4. The maximum Gasteiger partial charge on any atom is 0.258 e. The Hall–Kier alpha value is -2.36. The average molecular weight is 239 g/mol. The largest absolute Gasteiger partial charge is 0.384 e. The van der Waals surface area contributed by atoms with Crippen molar-refractivity contribution in [2.24, 2.45) is 0 Å². The molecule has 1 aromatic carbocycles. The second-order valence-electron chi connectivity index (χ2n) is 4.31. The third kappa shape index (κ3) is 1.72. The van der Waals surface area contributed by atoms with Crippen LogP contribution in [-0.2, 0) is 6.42 Å². The van der Waals surface area contributed by atoms with Crippen molar-refractivity contribution in [3.8, 4) is 0 Å². The zero-order valence-corrected chi connectivity index (χ0v) is 9.84. The lowest BCUT2D eigenvalue weighted by atomic mass is 9.99. The van der Waals surface area contributed by atoms with Gasteiger partial charge in [0.25, 0.3) is 5.91 Å². The molecule has 0 radical (unpaired) electrons. The Morgan fingerprint density at radius 2 is 2.00 bits per heavy atom. The topological polar surface area (TPSA) is 59.2 Å². The van der Waals surface area contributed by atoms with Crippen LogP contribution < -0.4 is 10.6 Å². The molecule has 0 bridgehead atoms. The molecule has 18 heavy (non-hydrogen) atoms. The predicted octanol–water partition coefficient (Wildman–Crippen LogP) is 1.87. The van der Waals surface area contributed by atoms with Crippen molar-refractivity contribution < 1.29 is 4.79 Å². The van der Waals surface area contributed by atoms with E-state index in [1.54, 1.807) is 17.2 Å². The summed E-state index contributed by atoms with van der Waals surface area (Å²) in [6.45, 7) is 0.682. The first-order chi connectivity index (χ1) is 8.75. The van der Waals surface area contributed by atoms with E-state index >= 15 is 0 Å². The van der Waals surface area contributed by atoms with Gasteiger partial charge in [0.05, 0.1) is 11.9 Å². The van der Waals surface area contributed by atoms with Crippen molar-refractivity contribution in [2.45, 2.75) is 6.42 Å². The van der Waals surface area contributed by atoms with E-state index in [9.17, 15) is 4.79 Å². The molecule has 0 aliphatic carbocycles. The first kappa shape index (κ1) is 10.8. The van der Waals surface area contributed by atoms with Crippen molar-refractivity contribution in [1.29, 1.82) is 0 Å². The number of hydrogen-bond donors (Lipinski definition) is 1. The minimum atomic E-state index is 0.0309. The third-order valence-electron chi connectivity index (χ3n) is 3.18. The molecular formula is C14H13N3O. The fourth-order valence-electron chi connectivity index (χ4n) is 2.23. The molecule has 1 aliphatic heterocycles. The Morgan fingerprint density at radius 1 is 1.17 bits per heavy atom. The van der Waals surface area contributed by atoms with Gasteiger partial charge in [0.15, 0.2) is 0 Å². The highest BCUT2D eigenvalue weighted by molar-refractivity contribution is 6.08. The Kier molecular flexibility index (Phi) is 2.48. The number of amides is 1. The molecule has 1 amide bonds. The van der Waals surface area contributed by atoms with Crippen LogP contribution in [0.1, 0.15) is 15.9 Å². The summed E-state index contributed by atoms with van der Waals surface area (Å²) in [5, 5.41) is 0. The zero-order valence-electron chi connectivity index (χ0n) is 9.84. The Morgan fingerprint density at radius 3 is 2.78 bits per heavy atom. The number of carbonyl (C=O) groups is 1. The van der Waals surface area contributed by atoms with Gasteiger partial charge in [0, 0.05) is 12.1 Å². The van der Waals surface area contributed by atoms with E-state index in [1.165, 1.54) is 0 Å². The van der Waals surface area contributed by atoms with Gasteiger partial charge in [-0.2, -0.15) is 0 Å². The van der Waals surface area contributed by atoms with Crippen molar-refractivity contribution in [1.82, 2.24) is 4.98 Å². The van der Waals surface area contributed by atoms with Crippen LogP contribution in [0.2, 0.25) is 0 Å². The van der Waals surface area contributed by atoms with Gasteiger partial charge in [0.2, 0.25) is 0 Å². The summed E-state index contributed by atoms with van der Waals surface area (Å²) >= 11 is 0. The highest BCUT2D eigenvalue weighted by Gasteiger charge is 2.24. The summed E-state index contributed by atoms with van der Waals surface area (Å²) in [6.07, 6.45) is 2.51. The summed E-state index contributed by atoms with van der Waals surface area (Å²) in [4.78, 5) is 18.1. The molecule has 1 aromatic heterocycles. The molecule has 0 saturated carbocycles. The lowest BCUT2D eigenvalue weighted by Crippen LogP contribution is -2.37. The van der Waals surface area contributed by atoms with Gasteiger partial charge in [-0.1, -0.05) is 18.2 Å². The van der Waals surface area contributed by atoms with Crippen LogP contribution in [0.5, 0.6) is 0 Å². The van der Waals surface area contributed by atoms with Crippen LogP contribution in [0.15, 0.2) is 42.6 Å². The van der Waals surface area contributed by atoms with Gasteiger partial charge in [-0.15, -0.1) is 0 Å². The fraction of sp³-hybridized carbons (Fsp3) is 0.143. The number of anilines is 2. The van der Waals surface area contributed by atoms with Crippen LogP contribution in [0.25, 0.3) is 0 Å². The molecule has 0 atom stereocenters. The van der Waals surface area contributed by atoms with Gasteiger partial charge in [-0.25, -0.2) is 4.98 Å². The van der Waals surface area contributed by atoms with Crippen molar-refractivity contribution >= 4 is 17.4 Å². The Bertz CT molecular complexity index is 592. The fourth-order valence-corrected chi connectivity index (χ4v) is 2.23. The zero-order chi connectivity index (χ0) is 12.5. The van der Waals surface area contributed by atoms with E-state index in [4.69, 9.17) is 5.73 Å². The van der Waals surface area contributed by atoms with Crippen LogP contribution in [0, 0.1) is 0 Å². The molecular weight excluding hydrogens is 226 g/mol. The monoisotopic (exact) mass is 239 g/mol. The maximum atomic E-state index is 12.4. The lowest BCUT2D eigenvalue weighted by molar-refractivity contribution is 0.0980. The summed E-state index contributed by atoms with van der Waals surface area (Å²) in [5.41, 5.74) is 8.24. The predicted molar refractivity (Wildman–Crippen MR) is 70.5 cm³/mol. The number of pyridine rings is 1. The number of hydrogen-bond acceptors (Lipinski definition) is 3. The van der Waals surface area contributed by atoms with E-state index in [2.05, 4.69) is 4.98 Å². The highest BCUT2D eigenvalue weighted by atomic mass is 16.2. The second kappa shape index (κ2) is 4.14. The molecule has 0 unspecified atom stereocenters. The number of nitrogen functional groups attached to an aromatic ring is 1. The summed E-state index contributed by atoms with van der Waals surface area (Å²) < 4.78 is 0. The quantitative estimate of drug-likeness (QED) is 0.826. The molecule has 90 valence electrons. The second-order valence-corrected chi connectivity index (χ2v) is 4.31. The Labute approximate surface area is 105 Å². The average Bonchev–Trinajstić information content (AvgIpc) is 2.41. The van der Waals surface area contributed by atoms with Gasteiger partial charge >= 0.3 is 0 Å². The first-order valence-electron chi connectivity index (χ1n) is 5.87. The van der Waals surface area contributed by atoms with E-state index in [-0.39, 0.29) is 5.91 Å². The highest BCUT2D eigenvalue weighted by Crippen LogP contribution is 2.24. The van der Waals surface area contributed by atoms with E-state index in [0.29, 0.717) is 12.4 Å². The minimum Gasteiger partial charge on any atom is -0.384 e. The first-order valence-corrected chi connectivity index (χ1v) is 5.87. The number of fused-ring (bicyclic) bond motifs is 1. The number of aromatic nitrogens is 1. The molecule has 0 saturated heterocycles. The van der Waals surface area contributed by atoms with Gasteiger partial charge in [0.1, 0.15) is 5.82 Å². The van der Waals surface area contributed by atoms with Gasteiger partial charge < -0.3 is 10.6 Å². The Balaban J connectivity index is 1.97. The number of nitrogens with two attached hydrogens (primary N) is 1. The van der Waals surface area contributed by atoms with Gasteiger partial charge in [-0.3, -0.25) is 4.79 Å². The number of nitrogens with zero attached hydrogens (tertiary/aromatic N) is 2. The molecule has 3 rings (SSSR count). The molecule has 1 aliphatic rings. The molecule has 2 N–H and O–H groups in total. The maximum absolute atomic E-state index is 12.4. The van der Waals surface area contributed by atoms with E-state index < -0.39 is 0 Å². The van der Waals surface area contributed by atoms with Crippen LogP contribution >= 0.6 is 0 Å². The number of rotatable bonds is 1. The molecule has 0 spiro atoms. The molecule has 2 heterocycles. The van der Waals surface area contributed by atoms with Crippen LogP contribution in [0.3, 0.4) is 0 Å². The summed E-state index contributed by atoms with van der Waals surface area (Å²) in [7, 11) is 0. The number of carbonyl (C=O) groups excluding carboxylic acids is 1. The van der Waals surface area contributed by atoms with Gasteiger partial charge in [-0.05, 0) is 30.2 Å². The van der Waals surface area contributed by atoms with Crippen LogP contribution in [0.4, 0.5) is 11.5 Å². The van der Waals surface area contributed by atoms with Crippen molar-refractivity contribution in [2.75, 3.05) is 17.2 Å². The summed E-state index contributed by atoms with van der Waals surface area (Å²) in [5.74, 6) is 0.493. The molecule has 0 fully saturated rings. The molecule has 4 nitrogen and oxygen atoms in total. The SMILES string of the molecule is Nc1ccc(N2CCc3ccccc3C2=O)cn1. The summed E-state index contributed by atoms with van der Waals surface area (Å²) in [6, 6.07) is 11.3. The van der Waals surface area contributed by atoms with E-state index in [0.717, 1.165) is 23.2 Å². The van der Waals surface area contributed by atoms with Crippen molar-refractivity contribution in [3.05, 3.63) is 53.7 Å². The van der Waals surface area contributed by atoms with Crippen LogP contribution in [-0.4, -0.2) is 17.4 Å². The molecule has 2 aromatic rings. The lowest BCUT2D eigenvalue weighted by Gasteiger charge is -2.28. The smallest absolute Gasteiger partial charge is 0.258 e. The standard InChI is InChI=1S/C14H13N3O/c15-13-6-5-11(9-16-13)17-8-7-10-3-1-2-4-12(10)14(17)18/h1-6,9H,7-8H2,(H2,15,16). The van der Waals surface area contributed by atoms with Crippen molar-refractivity contribution in [3.63, 3.8) is 0 Å².